The second-order valence-electron chi connectivity index (χ2n) is 5.72. The summed E-state index contributed by atoms with van der Waals surface area (Å²) in [4.78, 5) is 18.6. The quantitative estimate of drug-likeness (QED) is 0.863. The van der Waals surface area contributed by atoms with Crippen LogP contribution in [0, 0.1) is 6.92 Å². The highest BCUT2D eigenvalue weighted by molar-refractivity contribution is 5.91. The summed E-state index contributed by atoms with van der Waals surface area (Å²) in [5.74, 6) is 2.36. The number of pyridine rings is 1. The van der Waals surface area contributed by atoms with Gasteiger partial charge < -0.3 is 14.6 Å². The largest absolute Gasteiger partial charge is 0.462 e. The third-order valence-electron chi connectivity index (χ3n) is 3.87. The van der Waals surface area contributed by atoms with Crippen LogP contribution in [0.2, 0.25) is 0 Å². The number of anilines is 1. The molecule has 0 unspecified atom stereocenters. The van der Waals surface area contributed by atoms with Crippen LogP contribution in [0.15, 0.2) is 41.0 Å². The minimum absolute atomic E-state index is 0.140. The fourth-order valence-electron chi connectivity index (χ4n) is 2.64. The van der Waals surface area contributed by atoms with Gasteiger partial charge in [-0.3, -0.25) is 4.79 Å². The average Bonchev–Trinajstić information content (AvgIpc) is 3.23. The number of amides is 1. The molecule has 3 heterocycles. The zero-order valence-corrected chi connectivity index (χ0v) is 13.3. The van der Waals surface area contributed by atoms with Crippen molar-refractivity contribution in [3.8, 4) is 0 Å². The maximum absolute atomic E-state index is 11.9. The molecule has 2 aromatic rings. The maximum Gasteiger partial charge on any atom is 0.244 e. The molecule has 0 bridgehead atoms. The van der Waals surface area contributed by atoms with Crippen LogP contribution in [0.5, 0.6) is 0 Å². The van der Waals surface area contributed by atoms with E-state index in [4.69, 9.17) is 4.42 Å². The number of carbonyl (C=O) groups is 1. The first-order valence-corrected chi connectivity index (χ1v) is 7.93. The SMILES string of the molecule is Cc1ccc(C=CC(=O)NCc2ccnc(N3CCCC3)c2)o1. The Balaban J connectivity index is 1.54. The highest BCUT2D eigenvalue weighted by atomic mass is 16.3. The maximum atomic E-state index is 11.9. The lowest BCUT2D eigenvalue weighted by atomic mass is 10.2. The molecule has 5 heteroatoms. The van der Waals surface area contributed by atoms with Gasteiger partial charge in [0.15, 0.2) is 0 Å². The van der Waals surface area contributed by atoms with E-state index in [-0.39, 0.29) is 5.91 Å². The predicted molar refractivity (Wildman–Crippen MR) is 90.0 cm³/mol. The molecule has 1 N–H and O–H groups in total. The molecule has 23 heavy (non-hydrogen) atoms. The van der Waals surface area contributed by atoms with E-state index in [9.17, 15) is 4.79 Å². The molecule has 0 saturated carbocycles. The Kier molecular flexibility index (Phi) is 4.76. The number of hydrogen-bond donors (Lipinski definition) is 1. The van der Waals surface area contributed by atoms with Gasteiger partial charge in [0.25, 0.3) is 0 Å². The van der Waals surface area contributed by atoms with Crippen LogP contribution in [0.3, 0.4) is 0 Å². The Morgan fingerprint density at radius 1 is 1.35 bits per heavy atom. The van der Waals surface area contributed by atoms with Gasteiger partial charge >= 0.3 is 0 Å². The average molecular weight is 311 g/mol. The van der Waals surface area contributed by atoms with Crippen molar-refractivity contribution in [1.29, 1.82) is 0 Å². The number of carbonyl (C=O) groups excluding carboxylic acids is 1. The Morgan fingerprint density at radius 2 is 2.17 bits per heavy atom. The van der Waals surface area contributed by atoms with Crippen molar-refractivity contribution in [3.63, 3.8) is 0 Å². The zero-order valence-electron chi connectivity index (χ0n) is 13.3. The Morgan fingerprint density at radius 3 is 2.91 bits per heavy atom. The molecule has 120 valence electrons. The third kappa shape index (κ3) is 4.22. The van der Waals surface area contributed by atoms with E-state index in [1.54, 1.807) is 12.3 Å². The smallest absolute Gasteiger partial charge is 0.244 e. The van der Waals surface area contributed by atoms with Crippen molar-refractivity contribution in [2.45, 2.75) is 26.3 Å². The molecular formula is C18H21N3O2. The van der Waals surface area contributed by atoms with Gasteiger partial charge in [0.1, 0.15) is 17.3 Å². The van der Waals surface area contributed by atoms with Crippen molar-refractivity contribution in [1.82, 2.24) is 10.3 Å². The summed E-state index contributed by atoms with van der Waals surface area (Å²) in [5.41, 5.74) is 1.05. The molecule has 1 saturated heterocycles. The van der Waals surface area contributed by atoms with E-state index in [1.807, 2.05) is 31.2 Å². The van der Waals surface area contributed by atoms with Gasteiger partial charge in [0, 0.05) is 31.9 Å². The number of aromatic nitrogens is 1. The van der Waals surface area contributed by atoms with Crippen molar-refractivity contribution >= 4 is 17.8 Å². The van der Waals surface area contributed by atoms with Gasteiger partial charge in [-0.15, -0.1) is 0 Å². The first-order chi connectivity index (χ1) is 11.2. The highest BCUT2D eigenvalue weighted by Gasteiger charge is 2.13. The molecule has 1 fully saturated rings. The fourth-order valence-corrected chi connectivity index (χ4v) is 2.64. The molecule has 1 amide bonds. The first kappa shape index (κ1) is 15.3. The van der Waals surface area contributed by atoms with Gasteiger partial charge in [0.2, 0.25) is 5.91 Å². The van der Waals surface area contributed by atoms with Crippen molar-refractivity contribution in [2.75, 3.05) is 18.0 Å². The molecule has 1 aliphatic rings. The number of rotatable bonds is 5. The Labute approximate surface area is 136 Å². The number of nitrogens with one attached hydrogen (secondary N) is 1. The third-order valence-corrected chi connectivity index (χ3v) is 3.87. The van der Waals surface area contributed by atoms with E-state index >= 15 is 0 Å². The van der Waals surface area contributed by atoms with Gasteiger partial charge in [-0.25, -0.2) is 4.98 Å². The van der Waals surface area contributed by atoms with Crippen LogP contribution in [0.4, 0.5) is 5.82 Å². The van der Waals surface area contributed by atoms with Crippen LogP contribution >= 0.6 is 0 Å². The molecule has 0 atom stereocenters. The van der Waals surface area contributed by atoms with Crippen LogP contribution in [0.25, 0.3) is 6.08 Å². The van der Waals surface area contributed by atoms with Gasteiger partial charge in [-0.05, 0) is 55.7 Å². The normalized spacial score (nSPS) is 14.6. The number of hydrogen-bond acceptors (Lipinski definition) is 4. The minimum atomic E-state index is -0.140. The summed E-state index contributed by atoms with van der Waals surface area (Å²) in [7, 11) is 0. The van der Waals surface area contributed by atoms with Crippen molar-refractivity contribution < 1.29 is 9.21 Å². The lowest BCUT2D eigenvalue weighted by Gasteiger charge is -2.16. The molecule has 0 aliphatic carbocycles. The van der Waals surface area contributed by atoms with Crippen LogP contribution in [0.1, 0.15) is 29.9 Å². The molecule has 0 radical (unpaired) electrons. The summed E-state index contributed by atoms with van der Waals surface area (Å²) in [6.45, 7) is 4.49. The molecule has 5 nitrogen and oxygen atoms in total. The van der Waals surface area contributed by atoms with Crippen LogP contribution < -0.4 is 10.2 Å². The predicted octanol–water partition coefficient (Wildman–Crippen LogP) is 2.91. The van der Waals surface area contributed by atoms with E-state index < -0.39 is 0 Å². The Bertz CT molecular complexity index is 700. The highest BCUT2D eigenvalue weighted by Crippen LogP contribution is 2.18. The topological polar surface area (TPSA) is 58.4 Å². The second kappa shape index (κ2) is 7.13. The lowest BCUT2D eigenvalue weighted by molar-refractivity contribution is -0.116. The monoisotopic (exact) mass is 311 g/mol. The molecular weight excluding hydrogens is 290 g/mol. The summed E-state index contributed by atoms with van der Waals surface area (Å²) in [6, 6.07) is 7.68. The zero-order chi connectivity index (χ0) is 16.1. The van der Waals surface area contributed by atoms with Gasteiger partial charge in [0.05, 0.1) is 0 Å². The van der Waals surface area contributed by atoms with E-state index in [1.165, 1.54) is 18.9 Å². The summed E-state index contributed by atoms with van der Waals surface area (Å²) in [6.07, 6.45) is 7.40. The standard InChI is InChI=1S/C18H21N3O2/c1-14-4-5-16(23-14)6-7-18(22)20-13-15-8-9-19-17(12-15)21-10-2-3-11-21/h4-9,12H,2-3,10-11,13H2,1H3,(H,20,22). The molecule has 1 aliphatic heterocycles. The van der Waals surface area contributed by atoms with Crippen molar-refractivity contribution in [3.05, 3.63) is 53.6 Å². The first-order valence-electron chi connectivity index (χ1n) is 7.93. The Hall–Kier alpha value is -2.56. The van der Waals surface area contributed by atoms with E-state index in [0.717, 1.165) is 30.2 Å². The van der Waals surface area contributed by atoms with E-state index in [0.29, 0.717) is 12.3 Å². The fraction of sp³-hybridized carbons (Fsp3) is 0.333. The summed E-state index contributed by atoms with van der Waals surface area (Å²) < 4.78 is 5.39. The molecule has 0 aromatic carbocycles. The minimum Gasteiger partial charge on any atom is -0.462 e. The summed E-state index contributed by atoms with van der Waals surface area (Å²) >= 11 is 0. The van der Waals surface area contributed by atoms with Crippen LogP contribution in [-0.2, 0) is 11.3 Å². The van der Waals surface area contributed by atoms with Gasteiger partial charge in [-0.2, -0.15) is 0 Å². The number of furan rings is 1. The summed E-state index contributed by atoms with van der Waals surface area (Å²) in [5, 5.41) is 2.88. The lowest BCUT2D eigenvalue weighted by Crippen LogP contribution is -2.22. The molecule has 2 aromatic heterocycles. The number of nitrogens with zero attached hydrogens (tertiary/aromatic N) is 2. The van der Waals surface area contributed by atoms with Crippen LogP contribution in [-0.4, -0.2) is 24.0 Å². The molecule has 3 rings (SSSR count). The van der Waals surface area contributed by atoms with Gasteiger partial charge in [-0.1, -0.05) is 0 Å². The molecule has 0 spiro atoms. The van der Waals surface area contributed by atoms with Crippen molar-refractivity contribution in [2.24, 2.45) is 0 Å². The number of aryl methyl sites for hydroxylation is 1. The second-order valence-corrected chi connectivity index (χ2v) is 5.72. The van der Waals surface area contributed by atoms with E-state index in [2.05, 4.69) is 15.2 Å².